The third-order valence-electron chi connectivity index (χ3n) is 2.57. The van der Waals surface area contributed by atoms with E-state index >= 15 is 0 Å². The number of aryl methyl sites for hydroxylation is 1. The van der Waals surface area contributed by atoms with E-state index in [2.05, 4.69) is 39.6 Å². The van der Waals surface area contributed by atoms with Gasteiger partial charge in [0, 0.05) is 12.4 Å². The van der Waals surface area contributed by atoms with E-state index in [0.717, 1.165) is 17.0 Å². The largest absolute Gasteiger partial charge is 0.298 e. The topological polar surface area (TPSA) is 30.2 Å². The molecular formula is C13H11N3. The van der Waals surface area contributed by atoms with Gasteiger partial charge in [-0.1, -0.05) is 12.1 Å². The fourth-order valence-corrected chi connectivity index (χ4v) is 1.78. The standard InChI is InChI=1S/C13H11N3/c1-10-5-6-11-8-15-13(16(11)9-10)12-4-2-3-7-14-12/h2-9H,1H3. The number of rotatable bonds is 1. The lowest BCUT2D eigenvalue weighted by molar-refractivity contribution is 1.11. The monoisotopic (exact) mass is 209 g/mol. The maximum atomic E-state index is 4.41. The molecule has 0 radical (unpaired) electrons. The highest BCUT2D eigenvalue weighted by Crippen LogP contribution is 2.17. The molecule has 0 fully saturated rings. The number of hydrogen-bond acceptors (Lipinski definition) is 2. The first-order valence-electron chi connectivity index (χ1n) is 5.20. The second-order valence-electron chi connectivity index (χ2n) is 3.80. The molecule has 0 aromatic carbocycles. The number of pyridine rings is 2. The van der Waals surface area contributed by atoms with Gasteiger partial charge >= 0.3 is 0 Å². The molecule has 3 heterocycles. The maximum Gasteiger partial charge on any atom is 0.163 e. The van der Waals surface area contributed by atoms with Crippen LogP contribution >= 0.6 is 0 Å². The SMILES string of the molecule is Cc1ccc2cnc(-c3ccccn3)n2c1. The average molecular weight is 209 g/mol. The number of hydrogen-bond donors (Lipinski definition) is 0. The number of imidazole rings is 1. The molecule has 0 aliphatic rings. The van der Waals surface area contributed by atoms with Gasteiger partial charge in [-0.2, -0.15) is 0 Å². The van der Waals surface area contributed by atoms with Crippen LogP contribution in [0.2, 0.25) is 0 Å². The number of nitrogens with zero attached hydrogens (tertiary/aromatic N) is 3. The molecule has 0 atom stereocenters. The second kappa shape index (κ2) is 3.45. The third-order valence-corrected chi connectivity index (χ3v) is 2.57. The highest BCUT2D eigenvalue weighted by atomic mass is 15.0. The second-order valence-corrected chi connectivity index (χ2v) is 3.80. The summed E-state index contributed by atoms with van der Waals surface area (Å²) in [6.45, 7) is 2.07. The van der Waals surface area contributed by atoms with Gasteiger partial charge in [-0.15, -0.1) is 0 Å². The molecule has 0 saturated heterocycles. The number of fused-ring (bicyclic) bond motifs is 1. The van der Waals surface area contributed by atoms with Gasteiger partial charge in [0.15, 0.2) is 5.82 Å². The Balaban J connectivity index is 2.29. The highest BCUT2D eigenvalue weighted by molar-refractivity contribution is 5.59. The van der Waals surface area contributed by atoms with Gasteiger partial charge in [0.2, 0.25) is 0 Å². The zero-order valence-electron chi connectivity index (χ0n) is 8.96. The average Bonchev–Trinajstić information content (AvgIpc) is 2.73. The summed E-state index contributed by atoms with van der Waals surface area (Å²) < 4.78 is 2.07. The minimum absolute atomic E-state index is 0.888. The lowest BCUT2D eigenvalue weighted by atomic mass is 10.3. The van der Waals surface area contributed by atoms with Gasteiger partial charge in [-0.3, -0.25) is 9.38 Å². The Morgan fingerprint density at radius 1 is 1.06 bits per heavy atom. The van der Waals surface area contributed by atoms with E-state index in [1.165, 1.54) is 5.56 Å². The van der Waals surface area contributed by atoms with Gasteiger partial charge in [-0.25, -0.2) is 4.98 Å². The summed E-state index contributed by atoms with van der Waals surface area (Å²) in [5.74, 6) is 0.888. The number of aromatic nitrogens is 3. The van der Waals surface area contributed by atoms with E-state index in [1.807, 2.05) is 24.4 Å². The van der Waals surface area contributed by atoms with Crippen LogP contribution in [-0.2, 0) is 0 Å². The predicted molar refractivity (Wildman–Crippen MR) is 63.2 cm³/mol. The summed E-state index contributed by atoms with van der Waals surface area (Å²) >= 11 is 0. The van der Waals surface area contributed by atoms with Crippen molar-refractivity contribution in [1.82, 2.24) is 14.4 Å². The van der Waals surface area contributed by atoms with Gasteiger partial charge in [-0.05, 0) is 30.7 Å². The summed E-state index contributed by atoms with van der Waals surface area (Å²) in [6.07, 6.45) is 5.72. The van der Waals surface area contributed by atoms with Crippen LogP contribution in [0.5, 0.6) is 0 Å². The first-order valence-corrected chi connectivity index (χ1v) is 5.20. The lowest BCUT2D eigenvalue weighted by Gasteiger charge is -2.01. The van der Waals surface area contributed by atoms with Gasteiger partial charge in [0.05, 0.1) is 11.7 Å². The van der Waals surface area contributed by atoms with Crippen LogP contribution < -0.4 is 0 Å². The molecule has 0 aliphatic carbocycles. The highest BCUT2D eigenvalue weighted by Gasteiger charge is 2.06. The van der Waals surface area contributed by atoms with Crippen molar-refractivity contribution in [3.05, 3.63) is 54.5 Å². The van der Waals surface area contributed by atoms with Crippen LogP contribution in [0.3, 0.4) is 0 Å². The molecule has 0 aliphatic heterocycles. The van der Waals surface area contributed by atoms with Crippen LogP contribution in [0.1, 0.15) is 5.56 Å². The molecule has 0 N–H and O–H groups in total. The quantitative estimate of drug-likeness (QED) is 0.616. The minimum Gasteiger partial charge on any atom is -0.298 e. The van der Waals surface area contributed by atoms with E-state index < -0.39 is 0 Å². The lowest BCUT2D eigenvalue weighted by Crippen LogP contribution is -1.91. The van der Waals surface area contributed by atoms with E-state index in [9.17, 15) is 0 Å². The van der Waals surface area contributed by atoms with Crippen molar-refractivity contribution in [2.45, 2.75) is 6.92 Å². The van der Waals surface area contributed by atoms with E-state index in [4.69, 9.17) is 0 Å². The zero-order chi connectivity index (χ0) is 11.0. The normalized spacial score (nSPS) is 10.8. The van der Waals surface area contributed by atoms with Crippen LogP contribution in [0.4, 0.5) is 0 Å². The fourth-order valence-electron chi connectivity index (χ4n) is 1.78. The zero-order valence-corrected chi connectivity index (χ0v) is 8.96. The molecule has 3 heteroatoms. The molecule has 0 amide bonds. The van der Waals surface area contributed by atoms with Gasteiger partial charge < -0.3 is 0 Å². The fraction of sp³-hybridized carbons (Fsp3) is 0.0769. The summed E-state index contributed by atoms with van der Waals surface area (Å²) in [4.78, 5) is 8.72. The van der Waals surface area contributed by atoms with Crippen molar-refractivity contribution in [2.24, 2.45) is 0 Å². The molecule has 78 valence electrons. The Morgan fingerprint density at radius 2 is 2.00 bits per heavy atom. The summed E-state index contributed by atoms with van der Waals surface area (Å²) in [5.41, 5.74) is 3.20. The summed E-state index contributed by atoms with van der Waals surface area (Å²) in [7, 11) is 0. The Hall–Kier alpha value is -2.16. The molecule has 0 bridgehead atoms. The molecular weight excluding hydrogens is 198 g/mol. The molecule has 3 rings (SSSR count). The Bertz CT molecular complexity index is 626. The summed E-state index contributed by atoms with van der Waals surface area (Å²) in [6, 6.07) is 9.99. The molecule has 3 aromatic rings. The van der Waals surface area contributed by atoms with Crippen LogP contribution in [-0.4, -0.2) is 14.4 Å². The summed E-state index contributed by atoms with van der Waals surface area (Å²) in [5, 5.41) is 0. The molecule has 3 nitrogen and oxygen atoms in total. The van der Waals surface area contributed by atoms with Crippen molar-refractivity contribution < 1.29 is 0 Å². The molecule has 0 unspecified atom stereocenters. The molecule has 3 aromatic heterocycles. The van der Waals surface area contributed by atoms with Gasteiger partial charge in [0.1, 0.15) is 5.69 Å². The van der Waals surface area contributed by atoms with Crippen LogP contribution in [0, 0.1) is 6.92 Å². The van der Waals surface area contributed by atoms with Gasteiger partial charge in [0.25, 0.3) is 0 Å². The smallest absolute Gasteiger partial charge is 0.163 e. The first-order chi connectivity index (χ1) is 7.84. The predicted octanol–water partition coefficient (Wildman–Crippen LogP) is 2.70. The van der Waals surface area contributed by atoms with Crippen molar-refractivity contribution in [1.29, 1.82) is 0 Å². The van der Waals surface area contributed by atoms with E-state index in [-0.39, 0.29) is 0 Å². The van der Waals surface area contributed by atoms with E-state index in [1.54, 1.807) is 6.20 Å². The Kier molecular flexibility index (Phi) is 1.96. The Morgan fingerprint density at radius 3 is 2.81 bits per heavy atom. The van der Waals surface area contributed by atoms with Crippen LogP contribution in [0.25, 0.3) is 17.0 Å². The minimum atomic E-state index is 0.888. The maximum absolute atomic E-state index is 4.41. The van der Waals surface area contributed by atoms with Crippen LogP contribution in [0.15, 0.2) is 48.9 Å². The molecule has 16 heavy (non-hydrogen) atoms. The van der Waals surface area contributed by atoms with E-state index in [0.29, 0.717) is 0 Å². The van der Waals surface area contributed by atoms with Crippen molar-refractivity contribution in [2.75, 3.05) is 0 Å². The molecule has 0 saturated carbocycles. The first kappa shape index (κ1) is 9.09. The Labute approximate surface area is 93.4 Å². The van der Waals surface area contributed by atoms with Crippen molar-refractivity contribution >= 4 is 5.52 Å². The van der Waals surface area contributed by atoms with Crippen molar-refractivity contribution in [3.63, 3.8) is 0 Å². The third kappa shape index (κ3) is 1.37. The van der Waals surface area contributed by atoms with Crippen molar-refractivity contribution in [3.8, 4) is 11.5 Å². The molecule has 0 spiro atoms.